The van der Waals surface area contributed by atoms with Crippen molar-refractivity contribution in [2.24, 2.45) is 16.1 Å². The molecule has 0 saturated carbocycles. The summed E-state index contributed by atoms with van der Waals surface area (Å²) in [6.07, 6.45) is 7.72. The lowest BCUT2D eigenvalue weighted by molar-refractivity contribution is 0.0770. The highest BCUT2D eigenvalue weighted by Crippen LogP contribution is 2.47. The number of rotatable bonds is 5. The fourth-order valence-electron chi connectivity index (χ4n) is 4.70. The Balaban J connectivity index is 1.62. The molecule has 36 heavy (non-hydrogen) atoms. The third-order valence-electron chi connectivity index (χ3n) is 6.54. The largest absolute Gasteiger partial charge is 0.404 e. The predicted molar refractivity (Wildman–Crippen MR) is 131 cm³/mol. The van der Waals surface area contributed by atoms with Crippen LogP contribution in [0.3, 0.4) is 0 Å². The molecule has 0 spiro atoms. The zero-order valence-electron chi connectivity index (χ0n) is 19.1. The van der Waals surface area contributed by atoms with Crippen molar-refractivity contribution in [2.75, 3.05) is 13.1 Å². The molecule has 1 fully saturated rings. The highest BCUT2D eigenvalue weighted by Gasteiger charge is 2.51. The van der Waals surface area contributed by atoms with Crippen molar-refractivity contribution in [3.05, 3.63) is 96.0 Å². The van der Waals surface area contributed by atoms with E-state index in [1.54, 1.807) is 36.4 Å². The smallest absolute Gasteiger partial charge is 0.246 e. The first-order valence-electron chi connectivity index (χ1n) is 11.2. The number of H-pyrrole nitrogens is 1. The molecule has 1 aliphatic carbocycles. The number of hydrogen-bond acceptors (Lipinski definition) is 7. The summed E-state index contributed by atoms with van der Waals surface area (Å²) in [7, 11) is -3.89. The van der Waals surface area contributed by atoms with Crippen LogP contribution in [-0.4, -0.2) is 52.5 Å². The highest BCUT2D eigenvalue weighted by molar-refractivity contribution is 7.89. The number of carbonyl (C=O) groups excluding carboxylic acids is 1. The van der Waals surface area contributed by atoms with Crippen LogP contribution >= 0.6 is 0 Å². The van der Waals surface area contributed by atoms with Gasteiger partial charge in [0.05, 0.1) is 23.0 Å². The van der Waals surface area contributed by atoms with Crippen molar-refractivity contribution in [1.82, 2.24) is 19.5 Å². The summed E-state index contributed by atoms with van der Waals surface area (Å²) in [5.74, 6) is -0.664. The summed E-state index contributed by atoms with van der Waals surface area (Å²) in [4.78, 5) is 22.9. The Kier molecular flexibility index (Phi) is 6.10. The number of aromatic amines is 1. The fraction of sp³-hybridized carbons (Fsp3) is 0.200. The van der Waals surface area contributed by atoms with E-state index in [9.17, 15) is 17.6 Å². The summed E-state index contributed by atoms with van der Waals surface area (Å²) in [6, 6.07) is 10.8. The summed E-state index contributed by atoms with van der Waals surface area (Å²) >= 11 is 0. The summed E-state index contributed by atoms with van der Waals surface area (Å²) < 4.78 is 41.4. The number of hydrogen-bond donors (Lipinski definition) is 2. The van der Waals surface area contributed by atoms with E-state index < -0.39 is 15.4 Å². The lowest BCUT2D eigenvalue weighted by Gasteiger charge is -2.45. The first-order valence-corrected chi connectivity index (χ1v) is 12.7. The minimum Gasteiger partial charge on any atom is -0.404 e. The number of aromatic nitrogens is 3. The minimum absolute atomic E-state index is 0.0272. The van der Waals surface area contributed by atoms with Gasteiger partial charge in [0, 0.05) is 25.5 Å². The van der Waals surface area contributed by atoms with E-state index in [0.717, 1.165) is 5.57 Å². The standard InChI is InChI=1S/C25H23FN6O3S/c26-19-4-6-20(7-5-19)31-23-11-18-8-10-32(36(34,35)21-14-29-30-15-21)16-25(18,12-17(23)13-27)24(33)22-3-1-2-9-28-22/h1-7,9,11,13-15H,8,10,12,16,27H2,(H,29,30)/t25-/m0/s1. The number of halogens is 1. The number of ketones is 1. The van der Waals surface area contributed by atoms with Crippen LogP contribution < -0.4 is 5.73 Å². The van der Waals surface area contributed by atoms with E-state index in [1.165, 1.54) is 41.2 Å². The van der Waals surface area contributed by atoms with Crippen LogP contribution in [0, 0.1) is 11.2 Å². The number of piperidine rings is 1. The second-order valence-electron chi connectivity index (χ2n) is 8.66. The molecule has 0 amide bonds. The molecule has 2 aliphatic rings. The summed E-state index contributed by atoms with van der Waals surface area (Å²) in [5, 5.41) is 6.29. The van der Waals surface area contributed by atoms with Gasteiger partial charge in [0.1, 0.15) is 16.4 Å². The van der Waals surface area contributed by atoms with Crippen molar-refractivity contribution in [3.8, 4) is 0 Å². The normalized spacial score (nSPS) is 22.9. The molecule has 11 heteroatoms. The zero-order chi connectivity index (χ0) is 25.3. The van der Waals surface area contributed by atoms with E-state index >= 15 is 0 Å². The van der Waals surface area contributed by atoms with Crippen LogP contribution in [0.5, 0.6) is 0 Å². The van der Waals surface area contributed by atoms with E-state index in [1.807, 2.05) is 0 Å². The molecular weight excluding hydrogens is 483 g/mol. The van der Waals surface area contributed by atoms with Gasteiger partial charge in [0.25, 0.3) is 0 Å². The molecule has 9 nitrogen and oxygen atoms in total. The Hall–Kier alpha value is -3.96. The Morgan fingerprint density at radius 2 is 2.03 bits per heavy atom. The van der Waals surface area contributed by atoms with E-state index in [-0.39, 0.29) is 41.7 Å². The van der Waals surface area contributed by atoms with E-state index in [0.29, 0.717) is 23.4 Å². The Labute approximate surface area is 207 Å². The van der Waals surface area contributed by atoms with Crippen LogP contribution in [-0.2, 0) is 10.0 Å². The third-order valence-corrected chi connectivity index (χ3v) is 8.35. The Morgan fingerprint density at radius 1 is 1.22 bits per heavy atom. The van der Waals surface area contributed by atoms with Gasteiger partial charge >= 0.3 is 0 Å². The molecule has 1 aliphatic heterocycles. The van der Waals surface area contributed by atoms with E-state index in [4.69, 9.17) is 5.73 Å². The molecule has 1 saturated heterocycles. The third kappa shape index (κ3) is 4.16. The maximum absolute atomic E-state index is 14.0. The van der Waals surface area contributed by atoms with Gasteiger partial charge in [-0.2, -0.15) is 9.40 Å². The number of nitrogens with zero attached hydrogens (tertiary/aromatic N) is 4. The number of benzene rings is 1. The van der Waals surface area contributed by atoms with Gasteiger partial charge in [0.2, 0.25) is 10.0 Å². The van der Waals surface area contributed by atoms with Gasteiger partial charge in [-0.05, 0) is 67.1 Å². The van der Waals surface area contributed by atoms with Crippen LogP contribution in [0.15, 0.2) is 94.4 Å². The number of aliphatic imine (C=N–C) groups is 1. The molecule has 0 radical (unpaired) electrons. The van der Waals surface area contributed by atoms with Gasteiger partial charge in [-0.15, -0.1) is 0 Å². The van der Waals surface area contributed by atoms with Crippen molar-refractivity contribution < 1.29 is 17.6 Å². The number of carbonyl (C=O) groups is 1. The average molecular weight is 507 g/mol. The predicted octanol–water partition coefficient (Wildman–Crippen LogP) is 3.15. The van der Waals surface area contributed by atoms with Crippen molar-refractivity contribution in [1.29, 1.82) is 0 Å². The van der Waals surface area contributed by atoms with Gasteiger partial charge in [0.15, 0.2) is 5.78 Å². The Bertz CT molecular complexity index is 1480. The molecule has 2 aromatic heterocycles. The van der Waals surface area contributed by atoms with Crippen LogP contribution in [0.25, 0.3) is 0 Å². The van der Waals surface area contributed by atoms with Gasteiger partial charge in [-0.3, -0.25) is 14.9 Å². The SMILES string of the molecule is NC=C1C[C@]2(C(=O)c3ccccn3)CN(S(=O)(=O)c3cn[nH]c3)CCC2=CC1=Nc1ccc(F)cc1. The topological polar surface area (TPSA) is 134 Å². The zero-order valence-corrected chi connectivity index (χ0v) is 20.0. The molecule has 184 valence electrons. The molecule has 0 bridgehead atoms. The van der Waals surface area contributed by atoms with Gasteiger partial charge < -0.3 is 5.73 Å². The monoisotopic (exact) mass is 506 g/mol. The number of nitrogens with one attached hydrogen (secondary N) is 1. The number of pyridine rings is 1. The van der Waals surface area contributed by atoms with Gasteiger partial charge in [-0.1, -0.05) is 11.6 Å². The first-order chi connectivity index (χ1) is 17.3. The average Bonchev–Trinajstić information content (AvgIpc) is 3.45. The second-order valence-corrected chi connectivity index (χ2v) is 10.6. The maximum Gasteiger partial charge on any atom is 0.246 e. The Morgan fingerprint density at radius 3 is 2.69 bits per heavy atom. The quantitative estimate of drug-likeness (QED) is 0.511. The number of sulfonamides is 1. The molecule has 1 aromatic carbocycles. The molecule has 3 heterocycles. The lowest BCUT2D eigenvalue weighted by Crippen LogP contribution is -2.53. The number of allylic oxidation sites excluding steroid dienone is 2. The summed E-state index contributed by atoms with van der Waals surface area (Å²) in [6.45, 7) is 0.102. The molecular formula is C25H23FN6O3S. The van der Waals surface area contributed by atoms with Crippen molar-refractivity contribution >= 4 is 27.2 Å². The molecule has 0 unspecified atom stereocenters. The van der Waals surface area contributed by atoms with Crippen LogP contribution in [0.1, 0.15) is 23.3 Å². The second kappa shape index (κ2) is 9.25. The van der Waals surface area contributed by atoms with Crippen molar-refractivity contribution in [2.45, 2.75) is 17.7 Å². The minimum atomic E-state index is -3.89. The maximum atomic E-state index is 14.0. The number of fused-ring (bicyclic) bond motifs is 1. The first kappa shape index (κ1) is 23.8. The molecule has 3 aromatic rings. The van der Waals surface area contributed by atoms with E-state index in [2.05, 4.69) is 20.2 Å². The van der Waals surface area contributed by atoms with Crippen LogP contribution in [0.2, 0.25) is 0 Å². The highest BCUT2D eigenvalue weighted by atomic mass is 32.2. The van der Waals surface area contributed by atoms with Crippen LogP contribution in [0.4, 0.5) is 10.1 Å². The van der Waals surface area contributed by atoms with Gasteiger partial charge in [-0.25, -0.2) is 17.8 Å². The lowest BCUT2D eigenvalue weighted by atomic mass is 9.64. The molecule has 1 atom stereocenters. The summed E-state index contributed by atoms with van der Waals surface area (Å²) in [5.41, 5.74) is 7.43. The number of nitrogens with two attached hydrogens (primary N) is 1. The van der Waals surface area contributed by atoms with Crippen molar-refractivity contribution in [3.63, 3.8) is 0 Å². The number of Topliss-reactive ketones (excluding diaryl/α,β-unsaturated/α-hetero) is 1. The molecule has 3 N–H and O–H groups in total. The fourth-order valence-corrected chi connectivity index (χ4v) is 6.10. The molecule has 5 rings (SSSR count).